The minimum atomic E-state index is -0.335. The van der Waals surface area contributed by atoms with Gasteiger partial charge >= 0.3 is 0 Å². The third-order valence-corrected chi connectivity index (χ3v) is 7.38. The van der Waals surface area contributed by atoms with Crippen LogP contribution >= 0.6 is 11.3 Å². The number of thiophene rings is 1. The number of carbonyl (C=O) groups is 2. The number of piperidine rings is 1. The Morgan fingerprint density at radius 2 is 2.06 bits per heavy atom. The average Bonchev–Trinajstić information content (AvgIpc) is 3.40. The van der Waals surface area contributed by atoms with Gasteiger partial charge in [-0.25, -0.2) is 4.98 Å². The molecule has 0 saturated carbocycles. The van der Waals surface area contributed by atoms with Crippen LogP contribution in [0.3, 0.4) is 0 Å². The fourth-order valence-electron chi connectivity index (χ4n) is 4.36. The van der Waals surface area contributed by atoms with Crippen LogP contribution in [0.1, 0.15) is 41.4 Å². The van der Waals surface area contributed by atoms with Crippen LogP contribution in [-0.2, 0) is 11.3 Å². The number of amides is 2. The molecule has 5 rings (SSSR count). The Morgan fingerprint density at radius 1 is 1.24 bits per heavy atom. The van der Waals surface area contributed by atoms with Crippen molar-refractivity contribution < 1.29 is 19.1 Å². The Morgan fingerprint density at radius 3 is 2.88 bits per heavy atom. The Hall–Kier alpha value is -3.40. The molecule has 2 aromatic heterocycles. The molecular formula is C23H24N4O5S. The SMILES string of the molecule is Cc1c(C(=O)Nc2ccc3c(c2)OCO3)sc2ncn(CC(=O)N3CCCCC3C)c(=O)c12. The topological polar surface area (TPSA) is 103 Å². The summed E-state index contributed by atoms with van der Waals surface area (Å²) in [6.45, 7) is 4.58. The molecule has 0 aliphatic carbocycles. The molecule has 0 bridgehead atoms. The molecule has 0 radical (unpaired) electrons. The first-order chi connectivity index (χ1) is 15.9. The second-order valence-corrected chi connectivity index (χ2v) is 9.37. The van der Waals surface area contributed by atoms with E-state index in [1.54, 1.807) is 25.1 Å². The molecule has 2 amide bonds. The maximum absolute atomic E-state index is 13.2. The summed E-state index contributed by atoms with van der Waals surface area (Å²) in [5.41, 5.74) is 0.806. The number of aryl methyl sites for hydroxylation is 1. The van der Waals surface area contributed by atoms with Crippen molar-refractivity contribution in [2.24, 2.45) is 0 Å². The minimum Gasteiger partial charge on any atom is -0.454 e. The van der Waals surface area contributed by atoms with Crippen LogP contribution in [-0.4, -0.2) is 45.6 Å². The molecule has 1 atom stereocenters. The van der Waals surface area contributed by atoms with Crippen LogP contribution in [0.15, 0.2) is 29.3 Å². The van der Waals surface area contributed by atoms with E-state index in [2.05, 4.69) is 10.3 Å². The maximum atomic E-state index is 13.2. The molecule has 0 spiro atoms. The molecule has 1 fully saturated rings. The summed E-state index contributed by atoms with van der Waals surface area (Å²) in [6, 6.07) is 5.33. The summed E-state index contributed by atoms with van der Waals surface area (Å²) in [4.78, 5) is 46.0. The molecule has 9 nitrogen and oxygen atoms in total. The largest absolute Gasteiger partial charge is 0.454 e. The van der Waals surface area contributed by atoms with Crippen molar-refractivity contribution >= 4 is 39.1 Å². The number of benzene rings is 1. The molecule has 1 aromatic carbocycles. The van der Waals surface area contributed by atoms with Crippen LogP contribution < -0.4 is 20.3 Å². The maximum Gasteiger partial charge on any atom is 0.266 e. The van der Waals surface area contributed by atoms with Crippen molar-refractivity contribution in [2.45, 2.75) is 45.7 Å². The molecule has 172 valence electrons. The third-order valence-electron chi connectivity index (χ3n) is 6.18. The number of nitrogens with zero attached hydrogens (tertiary/aromatic N) is 3. The van der Waals surface area contributed by atoms with E-state index in [-0.39, 0.29) is 36.8 Å². The summed E-state index contributed by atoms with van der Waals surface area (Å²) in [7, 11) is 0. The fraction of sp³-hybridized carbons (Fsp3) is 0.391. The number of hydrogen-bond acceptors (Lipinski definition) is 7. The minimum absolute atomic E-state index is 0.0554. The van der Waals surface area contributed by atoms with Gasteiger partial charge < -0.3 is 19.7 Å². The van der Waals surface area contributed by atoms with Crippen molar-refractivity contribution in [3.63, 3.8) is 0 Å². The van der Waals surface area contributed by atoms with E-state index in [1.165, 1.54) is 10.9 Å². The Labute approximate surface area is 193 Å². The zero-order valence-electron chi connectivity index (χ0n) is 18.4. The quantitative estimate of drug-likeness (QED) is 0.631. The van der Waals surface area contributed by atoms with E-state index in [0.29, 0.717) is 44.4 Å². The van der Waals surface area contributed by atoms with Gasteiger partial charge in [0.15, 0.2) is 11.5 Å². The van der Waals surface area contributed by atoms with Crippen molar-refractivity contribution in [3.05, 3.63) is 45.3 Å². The van der Waals surface area contributed by atoms with Crippen LogP contribution in [0.4, 0.5) is 5.69 Å². The number of likely N-dealkylation sites (tertiary alicyclic amines) is 1. The molecule has 10 heteroatoms. The standard InChI is InChI=1S/C23H24N4O5S/c1-13-5-3-4-8-27(13)18(28)10-26-11-24-22-19(23(26)30)14(2)20(33-22)21(29)25-15-6-7-16-17(9-15)32-12-31-16/h6-7,9,11,13H,3-5,8,10,12H2,1-2H3,(H,25,29). The average molecular weight is 469 g/mol. The third kappa shape index (κ3) is 3.95. The number of fused-ring (bicyclic) bond motifs is 2. The number of aromatic nitrogens is 2. The number of nitrogens with one attached hydrogen (secondary N) is 1. The predicted octanol–water partition coefficient (Wildman–Crippen LogP) is 3.15. The van der Waals surface area contributed by atoms with Gasteiger partial charge in [-0.3, -0.25) is 19.0 Å². The second-order valence-electron chi connectivity index (χ2n) is 8.37. The molecule has 1 saturated heterocycles. The summed E-state index contributed by atoms with van der Waals surface area (Å²) < 4.78 is 12.0. The van der Waals surface area contributed by atoms with Gasteiger partial charge in [-0.05, 0) is 50.8 Å². The Balaban J connectivity index is 1.39. The Kier molecular flexibility index (Phi) is 5.53. The number of carbonyl (C=O) groups excluding carboxylic acids is 2. The highest BCUT2D eigenvalue weighted by molar-refractivity contribution is 7.20. The van der Waals surface area contributed by atoms with Crippen LogP contribution in [0.25, 0.3) is 10.2 Å². The second kappa shape index (κ2) is 8.51. The van der Waals surface area contributed by atoms with Gasteiger partial charge in [-0.15, -0.1) is 11.3 Å². The zero-order chi connectivity index (χ0) is 23.1. The first-order valence-electron chi connectivity index (χ1n) is 10.9. The molecule has 1 unspecified atom stereocenters. The highest BCUT2D eigenvalue weighted by Crippen LogP contribution is 2.35. The number of ether oxygens (including phenoxy) is 2. The summed E-state index contributed by atoms with van der Waals surface area (Å²) in [5.74, 6) is 0.778. The van der Waals surface area contributed by atoms with E-state index >= 15 is 0 Å². The lowest BCUT2D eigenvalue weighted by Crippen LogP contribution is -2.44. The van der Waals surface area contributed by atoms with Crippen LogP contribution in [0.5, 0.6) is 11.5 Å². The lowest BCUT2D eigenvalue weighted by molar-refractivity contribution is -0.135. The lowest BCUT2D eigenvalue weighted by Gasteiger charge is -2.33. The van der Waals surface area contributed by atoms with E-state index in [9.17, 15) is 14.4 Å². The highest BCUT2D eigenvalue weighted by atomic mass is 32.1. The van der Waals surface area contributed by atoms with Gasteiger partial charge in [0.2, 0.25) is 12.7 Å². The van der Waals surface area contributed by atoms with Gasteiger partial charge in [0.25, 0.3) is 11.5 Å². The summed E-state index contributed by atoms with van der Waals surface area (Å²) in [5, 5.41) is 3.22. The first kappa shape index (κ1) is 21.4. The first-order valence-corrected chi connectivity index (χ1v) is 11.7. The predicted molar refractivity (Wildman–Crippen MR) is 124 cm³/mol. The molecule has 33 heavy (non-hydrogen) atoms. The van der Waals surface area contributed by atoms with E-state index in [0.717, 1.165) is 30.6 Å². The van der Waals surface area contributed by atoms with Gasteiger partial charge in [0, 0.05) is 24.3 Å². The molecule has 4 heterocycles. The molecule has 3 aromatic rings. The normalized spacial score (nSPS) is 17.4. The highest BCUT2D eigenvalue weighted by Gasteiger charge is 2.25. The number of anilines is 1. The number of rotatable bonds is 4. The fourth-order valence-corrected chi connectivity index (χ4v) is 5.39. The monoisotopic (exact) mass is 468 g/mol. The van der Waals surface area contributed by atoms with Gasteiger partial charge in [0.05, 0.1) is 16.6 Å². The zero-order valence-corrected chi connectivity index (χ0v) is 19.2. The molecular weight excluding hydrogens is 444 g/mol. The summed E-state index contributed by atoms with van der Waals surface area (Å²) in [6.07, 6.45) is 4.47. The molecule has 2 aliphatic rings. The smallest absolute Gasteiger partial charge is 0.266 e. The van der Waals surface area contributed by atoms with Crippen molar-refractivity contribution in [1.29, 1.82) is 0 Å². The van der Waals surface area contributed by atoms with Gasteiger partial charge in [0.1, 0.15) is 11.4 Å². The van der Waals surface area contributed by atoms with E-state index < -0.39 is 0 Å². The van der Waals surface area contributed by atoms with Gasteiger partial charge in [-0.1, -0.05) is 0 Å². The summed E-state index contributed by atoms with van der Waals surface area (Å²) >= 11 is 1.16. The van der Waals surface area contributed by atoms with Crippen LogP contribution in [0, 0.1) is 6.92 Å². The molecule has 1 N–H and O–H groups in total. The van der Waals surface area contributed by atoms with Gasteiger partial charge in [-0.2, -0.15) is 0 Å². The van der Waals surface area contributed by atoms with Crippen molar-refractivity contribution in [3.8, 4) is 11.5 Å². The van der Waals surface area contributed by atoms with E-state index in [4.69, 9.17) is 9.47 Å². The van der Waals surface area contributed by atoms with Crippen LogP contribution in [0.2, 0.25) is 0 Å². The van der Waals surface area contributed by atoms with Crippen molar-refractivity contribution in [2.75, 3.05) is 18.7 Å². The Bertz CT molecular complexity index is 1310. The van der Waals surface area contributed by atoms with E-state index in [1.807, 2.05) is 11.8 Å². The number of hydrogen-bond donors (Lipinski definition) is 1. The molecule has 2 aliphatic heterocycles. The lowest BCUT2D eigenvalue weighted by atomic mass is 10.0. The van der Waals surface area contributed by atoms with Crippen molar-refractivity contribution in [1.82, 2.24) is 14.5 Å².